The second-order valence-corrected chi connectivity index (χ2v) is 7.46. The van der Waals surface area contributed by atoms with Gasteiger partial charge in [0.2, 0.25) is 0 Å². The molecule has 1 atom stereocenters. The lowest BCUT2D eigenvalue weighted by Crippen LogP contribution is -2.31. The van der Waals surface area contributed by atoms with Gasteiger partial charge >= 0.3 is 0 Å². The molecule has 2 rings (SSSR count). The van der Waals surface area contributed by atoms with Crippen molar-refractivity contribution in [3.63, 3.8) is 0 Å². The summed E-state index contributed by atoms with van der Waals surface area (Å²) in [7, 11) is -0.751. The maximum atomic E-state index is 11.2. The van der Waals surface area contributed by atoms with Crippen LogP contribution in [0.25, 0.3) is 5.57 Å². The second kappa shape index (κ2) is 8.36. The SMILES string of the molecule is CCCc1cc(C2=CCN(CCS(C)=O)CC2)ccc1[N+](=O)[O-]. The molecule has 1 aliphatic heterocycles. The third-order valence-corrected chi connectivity index (χ3v) is 4.91. The zero-order valence-corrected chi connectivity index (χ0v) is 14.6. The van der Waals surface area contributed by atoms with Crippen LogP contribution in [0.2, 0.25) is 0 Å². The summed E-state index contributed by atoms with van der Waals surface area (Å²) >= 11 is 0. The van der Waals surface area contributed by atoms with Gasteiger partial charge in [-0.15, -0.1) is 0 Å². The van der Waals surface area contributed by atoms with E-state index in [9.17, 15) is 14.3 Å². The smallest absolute Gasteiger partial charge is 0.272 e. The summed E-state index contributed by atoms with van der Waals surface area (Å²) in [6, 6.07) is 5.47. The summed E-state index contributed by atoms with van der Waals surface area (Å²) in [5.41, 5.74) is 3.39. The highest BCUT2D eigenvalue weighted by molar-refractivity contribution is 7.84. The number of benzene rings is 1. The number of nitro benzene ring substituents is 1. The Morgan fingerprint density at radius 1 is 1.39 bits per heavy atom. The predicted octanol–water partition coefficient (Wildman–Crippen LogP) is 3.01. The molecule has 0 radical (unpaired) electrons. The van der Waals surface area contributed by atoms with E-state index in [1.165, 1.54) is 5.57 Å². The van der Waals surface area contributed by atoms with E-state index in [0.29, 0.717) is 5.75 Å². The van der Waals surface area contributed by atoms with Gasteiger partial charge in [-0.05, 0) is 36.1 Å². The molecule has 1 aromatic carbocycles. The summed E-state index contributed by atoms with van der Waals surface area (Å²) in [4.78, 5) is 13.1. The van der Waals surface area contributed by atoms with Crippen molar-refractivity contribution in [2.24, 2.45) is 0 Å². The van der Waals surface area contributed by atoms with Crippen LogP contribution in [-0.2, 0) is 17.2 Å². The Kier molecular flexibility index (Phi) is 6.47. The van der Waals surface area contributed by atoms with Crippen molar-refractivity contribution in [1.82, 2.24) is 4.90 Å². The highest BCUT2D eigenvalue weighted by atomic mass is 32.2. The van der Waals surface area contributed by atoms with Gasteiger partial charge in [0.05, 0.1) is 4.92 Å². The molecule has 126 valence electrons. The van der Waals surface area contributed by atoms with Crippen LogP contribution in [0, 0.1) is 10.1 Å². The van der Waals surface area contributed by atoms with Gasteiger partial charge in [-0.3, -0.25) is 19.2 Å². The summed E-state index contributed by atoms with van der Waals surface area (Å²) in [6.07, 6.45) is 6.48. The van der Waals surface area contributed by atoms with Gasteiger partial charge in [-0.1, -0.05) is 19.4 Å². The molecule has 0 aromatic heterocycles. The fraction of sp³-hybridized carbons (Fsp3) is 0.529. The van der Waals surface area contributed by atoms with Gasteiger partial charge in [0.15, 0.2) is 0 Å². The van der Waals surface area contributed by atoms with Gasteiger partial charge in [0.1, 0.15) is 0 Å². The third-order valence-electron chi connectivity index (χ3n) is 4.15. The first-order valence-corrected chi connectivity index (χ1v) is 9.73. The number of rotatable bonds is 7. The van der Waals surface area contributed by atoms with Crippen LogP contribution >= 0.6 is 0 Å². The van der Waals surface area contributed by atoms with Crippen LogP contribution in [0.5, 0.6) is 0 Å². The Morgan fingerprint density at radius 3 is 2.74 bits per heavy atom. The zero-order valence-electron chi connectivity index (χ0n) is 13.8. The summed E-state index contributed by atoms with van der Waals surface area (Å²) in [5.74, 6) is 0.710. The molecule has 0 bridgehead atoms. The summed E-state index contributed by atoms with van der Waals surface area (Å²) in [6.45, 7) is 4.69. The Bertz CT molecular complexity index is 628. The van der Waals surface area contributed by atoms with Crippen LogP contribution < -0.4 is 0 Å². The molecule has 0 saturated heterocycles. The van der Waals surface area contributed by atoms with Crippen molar-refractivity contribution in [2.75, 3.05) is 31.6 Å². The Labute approximate surface area is 140 Å². The quantitative estimate of drug-likeness (QED) is 0.567. The van der Waals surface area contributed by atoms with Gasteiger partial charge in [0, 0.05) is 54.1 Å². The molecule has 1 aliphatic rings. The average Bonchev–Trinajstić information content (AvgIpc) is 2.53. The van der Waals surface area contributed by atoms with Crippen molar-refractivity contribution < 1.29 is 9.13 Å². The molecule has 0 amide bonds. The van der Waals surface area contributed by atoms with E-state index < -0.39 is 10.8 Å². The minimum absolute atomic E-state index is 0.221. The second-order valence-electron chi connectivity index (χ2n) is 5.91. The van der Waals surface area contributed by atoms with E-state index in [4.69, 9.17) is 0 Å². The number of hydrogen-bond donors (Lipinski definition) is 0. The molecular formula is C17H24N2O3S. The first-order chi connectivity index (χ1) is 11.0. The van der Waals surface area contributed by atoms with E-state index in [2.05, 4.69) is 11.0 Å². The monoisotopic (exact) mass is 336 g/mol. The predicted molar refractivity (Wildman–Crippen MR) is 95.1 cm³/mol. The van der Waals surface area contributed by atoms with E-state index in [0.717, 1.165) is 50.0 Å². The van der Waals surface area contributed by atoms with Crippen LogP contribution in [0.3, 0.4) is 0 Å². The zero-order chi connectivity index (χ0) is 16.8. The highest BCUT2D eigenvalue weighted by Crippen LogP contribution is 2.28. The molecule has 6 heteroatoms. The number of nitro groups is 1. The molecule has 1 aromatic rings. The maximum Gasteiger partial charge on any atom is 0.272 e. The minimum Gasteiger partial charge on any atom is -0.298 e. The van der Waals surface area contributed by atoms with Crippen LogP contribution in [0.15, 0.2) is 24.3 Å². The minimum atomic E-state index is -0.751. The van der Waals surface area contributed by atoms with Crippen LogP contribution in [0.4, 0.5) is 5.69 Å². The van der Waals surface area contributed by atoms with Crippen molar-refractivity contribution in [3.8, 4) is 0 Å². The molecule has 0 fully saturated rings. The Hall–Kier alpha value is -1.53. The normalized spacial score (nSPS) is 16.9. The lowest BCUT2D eigenvalue weighted by atomic mass is 9.95. The lowest BCUT2D eigenvalue weighted by Gasteiger charge is -2.26. The van der Waals surface area contributed by atoms with Crippen molar-refractivity contribution >= 4 is 22.1 Å². The van der Waals surface area contributed by atoms with E-state index >= 15 is 0 Å². The number of aryl methyl sites for hydroxylation is 1. The van der Waals surface area contributed by atoms with Crippen molar-refractivity contribution in [1.29, 1.82) is 0 Å². The van der Waals surface area contributed by atoms with Gasteiger partial charge < -0.3 is 0 Å². The molecule has 0 spiro atoms. The van der Waals surface area contributed by atoms with E-state index in [1.54, 1.807) is 12.3 Å². The fourth-order valence-electron chi connectivity index (χ4n) is 2.87. The fourth-order valence-corrected chi connectivity index (χ4v) is 3.38. The van der Waals surface area contributed by atoms with Crippen LogP contribution in [0.1, 0.15) is 30.9 Å². The topological polar surface area (TPSA) is 63.5 Å². The molecule has 23 heavy (non-hydrogen) atoms. The largest absolute Gasteiger partial charge is 0.298 e. The molecular weight excluding hydrogens is 312 g/mol. The standard InChI is InChI=1S/C17H24N2O3S/c1-3-4-16-13-15(5-6-17(16)19(20)21)14-7-9-18(10-8-14)11-12-23(2)22/h5-7,13H,3-4,8-12H2,1-2H3. The van der Waals surface area contributed by atoms with E-state index in [-0.39, 0.29) is 10.6 Å². The number of nitrogens with zero attached hydrogens (tertiary/aromatic N) is 2. The lowest BCUT2D eigenvalue weighted by molar-refractivity contribution is -0.385. The van der Waals surface area contributed by atoms with Gasteiger partial charge in [-0.2, -0.15) is 0 Å². The van der Waals surface area contributed by atoms with Crippen LogP contribution in [-0.4, -0.2) is 45.7 Å². The summed E-state index contributed by atoms with van der Waals surface area (Å²) < 4.78 is 11.2. The Morgan fingerprint density at radius 2 is 2.17 bits per heavy atom. The average molecular weight is 336 g/mol. The Balaban J connectivity index is 2.11. The van der Waals surface area contributed by atoms with Crippen molar-refractivity contribution in [2.45, 2.75) is 26.2 Å². The first kappa shape index (κ1) is 17.8. The summed E-state index contributed by atoms with van der Waals surface area (Å²) in [5, 5.41) is 11.1. The molecule has 5 nitrogen and oxygen atoms in total. The van der Waals surface area contributed by atoms with Gasteiger partial charge in [0.25, 0.3) is 5.69 Å². The maximum absolute atomic E-state index is 11.2. The van der Waals surface area contributed by atoms with Crippen molar-refractivity contribution in [3.05, 3.63) is 45.5 Å². The highest BCUT2D eigenvalue weighted by Gasteiger charge is 2.17. The molecule has 1 heterocycles. The molecule has 0 N–H and O–H groups in total. The molecule has 1 unspecified atom stereocenters. The van der Waals surface area contributed by atoms with E-state index in [1.807, 2.05) is 19.1 Å². The first-order valence-electron chi connectivity index (χ1n) is 8.00. The molecule has 0 aliphatic carbocycles. The third kappa shape index (κ3) is 4.97. The number of hydrogen-bond acceptors (Lipinski definition) is 4. The van der Waals surface area contributed by atoms with Gasteiger partial charge in [-0.25, -0.2) is 0 Å². The molecule has 0 saturated carbocycles.